The van der Waals surface area contributed by atoms with Crippen LogP contribution in [-0.4, -0.2) is 37.4 Å². The van der Waals surface area contributed by atoms with Crippen molar-refractivity contribution in [3.8, 4) is 17.6 Å². The van der Waals surface area contributed by atoms with E-state index >= 15 is 0 Å². The van der Waals surface area contributed by atoms with Crippen molar-refractivity contribution < 1.29 is 14.7 Å². The number of nitriles is 1. The quantitative estimate of drug-likeness (QED) is 0.272. The average Bonchev–Trinajstić information content (AvgIpc) is 2.91. The van der Waals surface area contributed by atoms with E-state index in [2.05, 4.69) is 45.3 Å². The zero-order chi connectivity index (χ0) is 27.1. The van der Waals surface area contributed by atoms with Crippen LogP contribution in [-0.2, 0) is 18.6 Å². The van der Waals surface area contributed by atoms with Gasteiger partial charge in [-0.3, -0.25) is 20.6 Å². The van der Waals surface area contributed by atoms with Crippen LogP contribution >= 0.6 is 11.6 Å². The highest BCUT2D eigenvalue weighted by molar-refractivity contribution is 6.32. The van der Waals surface area contributed by atoms with E-state index in [4.69, 9.17) is 21.1 Å². The molecule has 0 bridgehead atoms. The van der Waals surface area contributed by atoms with Gasteiger partial charge < -0.3 is 9.47 Å². The zero-order valence-corrected chi connectivity index (χ0v) is 21.8. The van der Waals surface area contributed by atoms with Crippen molar-refractivity contribution in [1.29, 1.82) is 5.26 Å². The van der Waals surface area contributed by atoms with Crippen LogP contribution in [0.1, 0.15) is 41.9 Å². The molecule has 0 saturated heterocycles. The molecule has 0 spiro atoms. The highest BCUT2D eigenvalue weighted by Crippen LogP contribution is 2.38. The van der Waals surface area contributed by atoms with Gasteiger partial charge in [-0.15, -0.1) is 5.17 Å². The molecule has 0 aliphatic rings. The molecule has 0 saturated carbocycles. The maximum Gasteiger partial charge on any atom is 0.239 e. The van der Waals surface area contributed by atoms with Crippen LogP contribution in [0.5, 0.6) is 11.5 Å². The Morgan fingerprint density at radius 1 is 1.00 bits per heavy atom. The molecule has 0 unspecified atom stereocenters. The fourth-order valence-electron chi connectivity index (χ4n) is 3.70. The average molecular weight is 532 g/mol. The maximum atomic E-state index is 9.79. The Morgan fingerprint density at radius 2 is 1.76 bits per heavy atom. The molecule has 4 rings (SSSR count). The van der Waals surface area contributed by atoms with Gasteiger partial charge in [-0.2, -0.15) is 5.26 Å². The van der Waals surface area contributed by atoms with Crippen molar-refractivity contribution in [2.75, 3.05) is 12.5 Å². The van der Waals surface area contributed by atoms with E-state index in [0.717, 1.165) is 16.3 Å². The molecule has 2 aromatic heterocycles. The highest BCUT2D eigenvalue weighted by atomic mass is 35.5. The van der Waals surface area contributed by atoms with Crippen molar-refractivity contribution in [2.45, 2.75) is 32.5 Å². The van der Waals surface area contributed by atoms with Gasteiger partial charge >= 0.3 is 0 Å². The number of hydrogen-bond donors (Lipinski definition) is 2. The molecular formula is C27H26ClN7O3. The van der Waals surface area contributed by atoms with Crippen molar-refractivity contribution >= 4 is 17.5 Å². The fraction of sp³-hybridized carbons (Fsp3) is 0.222. The SMILES string of the molecule is CN(O)Nc1nccc(COc2ccc(C(C)(C)c3cc(Cl)c(OCc4cnccn4)c(C#N)c3)cc2)n1. The number of aromatic nitrogens is 4. The summed E-state index contributed by atoms with van der Waals surface area (Å²) in [6.45, 7) is 4.50. The number of anilines is 1. The minimum absolute atomic E-state index is 0.151. The fourth-order valence-corrected chi connectivity index (χ4v) is 3.98. The Bertz CT molecular complexity index is 1430. The van der Waals surface area contributed by atoms with Crippen LogP contribution < -0.4 is 14.9 Å². The molecule has 2 aromatic carbocycles. The molecule has 4 aromatic rings. The Morgan fingerprint density at radius 3 is 2.45 bits per heavy atom. The van der Waals surface area contributed by atoms with E-state index in [-0.39, 0.29) is 19.2 Å². The lowest BCUT2D eigenvalue weighted by Gasteiger charge is -2.27. The summed E-state index contributed by atoms with van der Waals surface area (Å²) in [4.78, 5) is 16.5. The van der Waals surface area contributed by atoms with Crippen molar-refractivity contribution in [3.05, 3.63) is 100 Å². The second-order valence-electron chi connectivity index (χ2n) is 8.88. The summed E-state index contributed by atoms with van der Waals surface area (Å²) in [5.74, 6) is 1.24. The largest absolute Gasteiger partial charge is 0.487 e. The molecule has 0 radical (unpaired) electrons. The number of hydrogen-bond acceptors (Lipinski definition) is 10. The third kappa shape index (κ3) is 6.52. The molecule has 0 atom stereocenters. The van der Waals surface area contributed by atoms with Gasteiger partial charge in [0, 0.05) is 31.1 Å². The van der Waals surface area contributed by atoms with Gasteiger partial charge in [0.2, 0.25) is 5.95 Å². The predicted octanol–water partition coefficient (Wildman–Crippen LogP) is 4.92. The molecule has 10 nitrogen and oxygen atoms in total. The number of nitrogens with zero attached hydrogens (tertiary/aromatic N) is 6. The van der Waals surface area contributed by atoms with E-state index in [1.165, 1.54) is 7.05 Å². The Balaban J connectivity index is 1.47. The second kappa shape index (κ2) is 11.8. The van der Waals surface area contributed by atoms with E-state index in [1.54, 1.807) is 36.9 Å². The molecule has 0 amide bonds. The lowest BCUT2D eigenvalue weighted by Crippen LogP contribution is -2.22. The summed E-state index contributed by atoms with van der Waals surface area (Å²) in [5.41, 5.74) is 5.63. The first-order chi connectivity index (χ1) is 18.3. The summed E-state index contributed by atoms with van der Waals surface area (Å²) in [5, 5.41) is 20.2. The molecule has 11 heteroatoms. The standard InChI is InChI=1S/C27H26ClN7O3/c1-27(2,20-12-18(14-29)25(24(28)13-20)38-17-22-15-30-10-11-31-22)19-4-6-23(7-5-19)37-16-21-8-9-32-26(33-21)34-35(3)36/h4-13,15,36H,16-17H2,1-3H3,(H,32,33,34). The first kappa shape index (κ1) is 26.8. The third-order valence-corrected chi connectivity index (χ3v) is 6.09. The summed E-state index contributed by atoms with van der Waals surface area (Å²) in [7, 11) is 1.43. The van der Waals surface area contributed by atoms with Gasteiger partial charge in [-0.25, -0.2) is 9.97 Å². The molecule has 2 N–H and O–H groups in total. The number of benzene rings is 2. The number of hydrazine groups is 1. The molecule has 0 fully saturated rings. The highest BCUT2D eigenvalue weighted by Gasteiger charge is 2.26. The molecule has 2 heterocycles. The Kier molecular flexibility index (Phi) is 8.33. The topological polar surface area (TPSA) is 129 Å². The van der Waals surface area contributed by atoms with E-state index < -0.39 is 5.41 Å². The monoisotopic (exact) mass is 531 g/mol. The number of hydroxylamine groups is 1. The molecule has 38 heavy (non-hydrogen) atoms. The molecule has 194 valence electrons. The van der Waals surface area contributed by atoms with Gasteiger partial charge in [-0.05, 0) is 41.5 Å². The minimum Gasteiger partial charge on any atom is -0.487 e. The van der Waals surface area contributed by atoms with Crippen molar-refractivity contribution in [1.82, 2.24) is 25.1 Å². The van der Waals surface area contributed by atoms with Crippen LogP contribution in [0.4, 0.5) is 5.95 Å². The zero-order valence-electron chi connectivity index (χ0n) is 21.1. The van der Waals surface area contributed by atoms with E-state index in [1.807, 2.05) is 30.3 Å². The summed E-state index contributed by atoms with van der Waals surface area (Å²) in [6.07, 6.45) is 6.34. The Labute approximate surface area is 225 Å². The number of nitrogens with one attached hydrogen (secondary N) is 1. The normalized spacial score (nSPS) is 11.2. The first-order valence-electron chi connectivity index (χ1n) is 11.6. The minimum atomic E-state index is -0.458. The van der Waals surface area contributed by atoms with Crippen LogP contribution in [0.25, 0.3) is 0 Å². The van der Waals surface area contributed by atoms with Gasteiger partial charge in [0.1, 0.15) is 25.0 Å². The van der Waals surface area contributed by atoms with E-state index in [9.17, 15) is 10.5 Å². The summed E-state index contributed by atoms with van der Waals surface area (Å²) >= 11 is 6.57. The van der Waals surface area contributed by atoms with Crippen LogP contribution in [0, 0.1) is 11.3 Å². The number of ether oxygens (including phenoxy) is 2. The lowest BCUT2D eigenvalue weighted by atomic mass is 9.77. The molecular weight excluding hydrogens is 506 g/mol. The summed E-state index contributed by atoms with van der Waals surface area (Å²) in [6, 6.07) is 15.3. The number of halogens is 1. The van der Waals surface area contributed by atoms with Gasteiger partial charge in [0.25, 0.3) is 0 Å². The van der Waals surface area contributed by atoms with Crippen LogP contribution in [0.15, 0.2) is 67.3 Å². The second-order valence-corrected chi connectivity index (χ2v) is 9.28. The van der Waals surface area contributed by atoms with Crippen LogP contribution in [0.3, 0.4) is 0 Å². The smallest absolute Gasteiger partial charge is 0.239 e. The third-order valence-electron chi connectivity index (χ3n) is 5.80. The molecule has 0 aliphatic heterocycles. The van der Waals surface area contributed by atoms with Gasteiger partial charge in [0.15, 0.2) is 5.75 Å². The number of rotatable bonds is 10. The summed E-state index contributed by atoms with van der Waals surface area (Å²) < 4.78 is 11.7. The van der Waals surface area contributed by atoms with Crippen molar-refractivity contribution in [3.63, 3.8) is 0 Å². The maximum absolute atomic E-state index is 9.79. The van der Waals surface area contributed by atoms with E-state index in [0.29, 0.717) is 33.5 Å². The van der Waals surface area contributed by atoms with Gasteiger partial charge in [0.05, 0.1) is 28.2 Å². The van der Waals surface area contributed by atoms with Crippen molar-refractivity contribution in [2.24, 2.45) is 0 Å². The van der Waals surface area contributed by atoms with Crippen LogP contribution in [0.2, 0.25) is 5.02 Å². The van der Waals surface area contributed by atoms with Gasteiger partial charge in [-0.1, -0.05) is 37.6 Å². The molecule has 0 aliphatic carbocycles. The first-order valence-corrected chi connectivity index (χ1v) is 12.0. The Hall–Kier alpha value is -4.30. The predicted molar refractivity (Wildman–Crippen MR) is 141 cm³/mol. The lowest BCUT2D eigenvalue weighted by molar-refractivity contribution is -0.0394.